The number of rotatable bonds is 8. The highest BCUT2D eigenvalue weighted by molar-refractivity contribution is 7.92. The van der Waals surface area contributed by atoms with Gasteiger partial charge in [0.15, 0.2) is 0 Å². The molecular formula is C20H25N3O6S. The Balaban J connectivity index is 2.37. The van der Waals surface area contributed by atoms with Crippen LogP contribution in [0.1, 0.15) is 35.8 Å². The molecule has 2 aromatic rings. The summed E-state index contributed by atoms with van der Waals surface area (Å²) in [6.07, 6.45) is 0.987. The molecule has 1 unspecified atom stereocenters. The molecule has 9 nitrogen and oxygen atoms in total. The molecule has 3 N–H and O–H groups in total. The van der Waals surface area contributed by atoms with Gasteiger partial charge in [0.2, 0.25) is 15.9 Å². The number of carbonyl (C=O) groups is 2. The molecule has 0 aliphatic carbocycles. The number of hydrogen-bond donors (Lipinski definition) is 3. The minimum Gasteiger partial charge on any atom is -0.497 e. The lowest BCUT2D eigenvalue weighted by molar-refractivity contribution is -0.114. The van der Waals surface area contributed by atoms with E-state index in [-0.39, 0.29) is 17.2 Å². The van der Waals surface area contributed by atoms with E-state index in [0.29, 0.717) is 22.7 Å². The fourth-order valence-electron chi connectivity index (χ4n) is 2.83. The third-order valence-corrected chi connectivity index (χ3v) is 4.73. The molecule has 1 atom stereocenters. The number of carbonyl (C=O) groups excluding carboxylic acids is 2. The maximum Gasteiger partial charge on any atom is 0.253 e. The van der Waals surface area contributed by atoms with E-state index >= 15 is 0 Å². The van der Waals surface area contributed by atoms with Crippen molar-refractivity contribution in [3.05, 3.63) is 47.5 Å². The maximum absolute atomic E-state index is 13.0. The van der Waals surface area contributed by atoms with Gasteiger partial charge in [0.25, 0.3) is 5.91 Å². The van der Waals surface area contributed by atoms with Crippen molar-refractivity contribution in [2.45, 2.75) is 19.9 Å². The van der Waals surface area contributed by atoms with Crippen LogP contribution in [0, 0.1) is 0 Å². The first-order valence-corrected chi connectivity index (χ1v) is 10.9. The van der Waals surface area contributed by atoms with Gasteiger partial charge < -0.3 is 20.1 Å². The molecule has 0 radical (unpaired) electrons. The predicted molar refractivity (Wildman–Crippen MR) is 115 cm³/mol. The van der Waals surface area contributed by atoms with Gasteiger partial charge in [-0.1, -0.05) is 0 Å². The lowest BCUT2D eigenvalue weighted by Gasteiger charge is -2.19. The van der Waals surface area contributed by atoms with Crippen LogP contribution in [0.15, 0.2) is 36.4 Å². The number of sulfonamides is 1. The molecule has 0 saturated heterocycles. The maximum atomic E-state index is 13.0. The second-order valence-electron chi connectivity index (χ2n) is 6.62. The van der Waals surface area contributed by atoms with Crippen LogP contribution in [0.4, 0.5) is 11.4 Å². The van der Waals surface area contributed by atoms with Gasteiger partial charge in [-0.2, -0.15) is 0 Å². The summed E-state index contributed by atoms with van der Waals surface area (Å²) in [6.45, 7) is 3.10. The topological polar surface area (TPSA) is 123 Å². The summed E-state index contributed by atoms with van der Waals surface area (Å²) < 4.78 is 36.2. The molecule has 0 fully saturated rings. The number of ether oxygens (including phenoxy) is 2. The highest BCUT2D eigenvalue weighted by Crippen LogP contribution is 2.30. The van der Waals surface area contributed by atoms with Gasteiger partial charge in [-0.3, -0.25) is 14.3 Å². The minimum absolute atomic E-state index is 0.0611. The first kappa shape index (κ1) is 23.0. The quantitative estimate of drug-likeness (QED) is 0.586. The highest BCUT2D eigenvalue weighted by atomic mass is 32.2. The Hall–Kier alpha value is -3.27. The molecule has 10 heteroatoms. The molecule has 0 spiro atoms. The minimum atomic E-state index is -3.62. The smallest absolute Gasteiger partial charge is 0.253 e. The number of amides is 2. The van der Waals surface area contributed by atoms with Crippen LogP contribution < -0.4 is 24.8 Å². The summed E-state index contributed by atoms with van der Waals surface area (Å²) in [6, 6.07) is 9.07. The van der Waals surface area contributed by atoms with Crippen LogP contribution in [0.3, 0.4) is 0 Å². The second kappa shape index (κ2) is 9.49. The van der Waals surface area contributed by atoms with E-state index in [2.05, 4.69) is 15.4 Å². The van der Waals surface area contributed by atoms with Gasteiger partial charge in [0.1, 0.15) is 11.5 Å². The third-order valence-electron chi connectivity index (χ3n) is 4.13. The number of benzene rings is 2. The largest absolute Gasteiger partial charge is 0.497 e. The van der Waals surface area contributed by atoms with Crippen molar-refractivity contribution in [2.75, 3.05) is 30.5 Å². The predicted octanol–water partition coefficient (Wildman–Crippen LogP) is 2.52. The van der Waals surface area contributed by atoms with Crippen molar-refractivity contribution >= 4 is 33.2 Å². The van der Waals surface area contributed by atoms with Gasteiger partial charge in [0, 0.05) is 24.2 Å². The summed E-state index contributed by atoms with van der Waals surface area (Å²) in [7, 11) is -0.568. The molecule has 162 valence electrons. The molecule has 2 aromatic carbocycles. The lowest BCUT2D eigenvalue weighted by Crippen LogP contribution is -2.28. The summed E-state index contributed by atoms with van der Waals surface area (Å²) in [5, 5.41) is 5.40. The molecule has 0 heterocycles. The van der Waals surface area contributed by atoms with Crippen molar-refractivity contribution in [1.29, 1.82) is 0 Å². The Morgan fingerprint density at radius 3 is 2.30 bits per heavy atom. The number of methoxy groups -OCH3 is 2. The summed E-state index contributed by atoms with van der Waals surface area (Å²) in [4.78, 5) is 24.3. The first-order chi connectivity index (χ1) is 14.0. The molecule has 2 amide bonds. The number of hydrogen-bond acceptors (Lipinski definition) is 6. The van der Waals surface area contributed by atoms with E-state index in [1.165, 1.54) is 39.3 Å². The zero-order valence-electron chi connectivity index (χ0n) is 17.4. The third kappa shape index (κ3) is 6.11. The van der Waals surface area contributed by atoms with Gasteiger partial charge in [-0.05, 0) is 37.3 Å². The fraction of sp³-hybridized carbons (Fsp3) is 0.300. The molecule has 0 aromatic heterocycles. The Labute approximate surface area is 175 Å². The van der Waals surface area contributed by atoms with E-state index in [1.54, 1.807) is 25.1 Å². The Kier molecular flexibility index (Phi) is 7.28. The number of anilines is 2. The SMILES string of the molecule is COc1ccc(C(C)NC(=O)c2cc(NC(C)=O)ccc2NS(C)(=O)=O)c(OC)c1. The Morgan fingerprint density at radius 2 is 1.73 bits per heavy atom. The van der Waals surface area contributed by atoms with Crippen LogP contribution in [0.25, 0.3) is 0 Å². The Morgan fingerprint density at radius 1 is 1.03 bits per heavy atom. The van der Waals surface area contributed by atoms with Gasteiger partial charge >= 0.3 is 0 Å². The monoisotopic (exact) mass is 435 g/mol. The van der Waals surface area contributed by atoms with Crippen molar-refractivity contribution in [2.24, 2.45) is 0 Å². The Bertz CT molecular complexity index is 1050. The zero-order valence-corrected chi connectivity index (χ0v) is 18.2. The molecule has 30 heavy (non-hydrogen) atoms. The first-order valence-electron chi connectivity index (χ1n) is 8.96. The average molecular weight is 436 g/mol. The van der Waals surface area contributed by atoms with Crippen LogP contribution in [-0.4, -0.2) is 40.7 Å². The van der Waals surface area contributed by atoms with Crippen molar-refractivity contribution < 1.29 is 27.5 Å². The van der Waals surface area contributed by atoms with E-state index < -0.39 is 22.0 Å². The van der Waals surface area contributed by atoms with Gasteiger partial charge in [-0.25, -0.2) is 8.42 Å². The van der Waals surface area contributed by atoms with Crippen molar-refractivity contribution in [3.8, 4) is 11.5 Å². The molecule has 0 aliphatic heterocycles. The van der Waals surface area contributed by atoms with Crippen LogP contribution >= 0.6 is 0 Å². The molecule has 0 aliphatic rings. The highest BCUT2D eigenvalue weighted by Gasteiger charge is 2.20. The molecular weight excluding hydrogens is 410 g/mol. The summed E-state index contributed by atoms with van der Waals surface area (Å²) in [5.74, 6) is 0.292. The van der Waals surface area contributed by atoms with E-state index in [0.717, 1.165) is 6.26 Å². The van der Waals surface area contributed by atoms with Gasteiger partial charge in [-0.15, -0.1) is 0 Å². The average Bonchev–Trinajstić information content (AvgIpc) is 2.66. The lowest BCUT2D eigenvalue weighted by atomic mass is 10.1. The van der Waals surface area contributed by atoms with Crippen LogP contribution in [-0.2, 0) is 14.8 Å². The molecule has 0 bridgehead atoms. The van der Waals surface area contributed by atoms with E-state index in [1.807, 2.05) is 0 Å². The summed E-state index contributed by atoms with van der Waals surface area (Å²) >= 11 is 0. The van der Waals surface area contributed by atoms with Gasteiger partial charge in [0.05, 0.1) is 37.8 Å². The van der Waals surface area contributed by atoms with Crippen molar-refractivity contribution in [1.82, 2.24) is 5.32 Å². The summed E-state index contributed by atoms with van der Waals surface area (Å²) in [5.41, 5.74) is 1.23. The number of nitrogens with one attached hydrogen (secondary N) is 3. The standard InChI is InChI=1S/C20H25N3O6S/c1-12(16-8-7-15(28-3)11-19(16)29-4)21-20(25)17-10-14(22-13(2)24)6-9-18(17)23-30(5,26)27/h6-12,23H,1-5H3,(H,21,25)(H,22,24). The van der Waals surface area contributed by atoms with Crippen LogP contribution in [0.2, 0.25) is 0 Å². The zero-order chi connectivity index (χ0) is 22.5. The van der Waals surface area contributed by atoms with Crippen LogP contribution in [0.5, 0.6) is 11.5 Å². The van der Waals surface area contributed by atoms with Crippen molar-refractivity contribution in [3.63, 3.8) is 0 Å². The molecule has 0 saturated carbocycles. The molecule has 2 rings (SSSR count). The fourth-order valence-corrected chi connectivity index (χ4v) is 3.41. The van der Waals surface area contributed by atoms with E-state index in [9.17, 15) is 18.0 Å². The normalized spacial score (nSPS) is 11.9. The second-order valence-corrected chi connectivity index (χ2v) is 8.37. The van der Waals surface area contributed by atoms with E-state index in [4.69, 9.17) is 9.47 Å².